The fourth-order valence-electron chi connectivity index (χ4n) is 3.09. The van der Waals surface area contributed by atoms with E-state index < -0.39 is 18.2 Å². The lowest BCUT2D eigenvalue weighted by Gasteiger charge is -2.21. The first-order chi connectivity index (χ1) is 14.8. The van der Waals surface area contributed by atoms with Crippen LogP contribution < -0.4 is 14.8 Å². The number of benzene rings is 3. The molecule has 0 aliphatic rings. The molecule has 9 heteroatoms. The first-order valence-corrected chi connectivity index (χ1v) is 12.1. The lowest BCUT2D eigenvalue weighted by atomic mass is 10.2. The van der Waals surface area contributed by atoms with Gasteiger partial charge in [-0.3, -0.25) is 9.59 Å². The number of halogens is 3. The van der Waals surface area contributed by atoms with Crippen LogP contribution >= 0.6 is 46.3 Å². The molecule has 160 valence electrons. The van der Waals surface area contributed by atoms with Crippen LogP contribution in [-0.4, -0.2) is 25.3 Å². The Bertz CT molecular complexity index is 1190. The smallest absolute Gasteiger partial charge is 0.249 e. The van der Waals surface area contributed by atoms with Gasteiger partial charge in [-0.1, -0.05) is 59.6 Å². The molecular weight excluding hydrogens is 526 g/mol. The normalized spacial score (nSPS) is 12.7. The van der Waals surface area contributed by atoms with Gasteiger partial charge in [0.15, 0.2) is 0 Å². The molecule has 0 radical (unpaired) electrons. The Morgan fingerprint density at radius 1 is 0.806 bits per heavy atom. The van der Waals surface area contributed by atoms with Crippen molar-refractivity contribution in [1.29, 1.82) is 0 Å². The third-order valence-corrected chi connectivity index (χ3v) is 8.45. The summed E-state index contributed by atoms with van der Waals surface area (Å²) in [6, 6.07) is 15.4. The van der Waals surface area contributed by atoms with E-state index in [1.54, 1.807) is 30.3 Å². The molecule has 0 aliphatic heterocycles. The summed E-state index contributed by atoms with van der Waals surface area (Å²) in [5.41, 5.74) is -2.22. The van der Waals surface area contributed by atoms with Crippen LogP contribution in [0.1, 0.15) is 20.7 Å². The standard InChI is InChI=1S/C22H16BrCl2O5P/c1-29-17-12-11-14(23)20(30-2)19(17)22(27)31(28,13-7-4-3-5-8-13)21(26)18-15(24)9-6-10-16(18)25/h3-12H,1-2H3. The van der Waals surface area contributed by atoms with Gasteiger partial charge < -0.3 is 14.0 Å². The summed E-state index contributed by atoms with van der Waals surface area (Å²) < 4.78 is 25.6. The number of hydrogen-bond donors (Lipinski definition) is 0. The minimum Gasteiger partial charge on any atom is -0.496 e. The Morgan fingerprint density at radius 3 is 1.94 bits per heavy atom. The van der Waals surface area contributed by atoms with Crippen molar-refractivity contribution in [3.05, 3.63) is 86.3 Å². The second-order valence-electron chi connectivity index (χ2n) is 6.31. The molecule has 3 aromatic rings. The number of hydrogen-bond acceptors (Lipinski definition) is 5. The molecule has 5 nitrogen and oxygen atoms in total. The Kier molecular flexibility index (Phi) is 7.28. The molecule has 0 saturated carbocycles. The van der Waals surface area contributed by atoms with Gasteiger partial charge in [-0.25, -0.2) is 0 Å². The van der Waals surface area contributed by atoms with E-state index in [0.717, 1.165) is 0 Å². The minimum atomic E-state index is -4.48. The minimum absolute atomic E-state index is 0.00497. The van der Waals surface area contributed by atoms with Crippen molar-refractivity contribution in [2.24, 2.45) is 0 Å². The number of carbonyl (C=O) groups is 2. The average molecular weight is 542 g/mol. The molecular formula is C22H16BrCl2O5P. The van der Waals surface area contributed by atoms with Crippen molar-refractivity contribution in [3.63, 3.8) is 0 Å². The third-order valence-electron chi connectivity index (χ3n) is 4.58. The summed E-state index contributed by atoms with van der Waals surface area (Å²) in [5.74, 6) is 0.206. The summed E-state index contributed by atoms with van der Waals surface area (Å²) in [5, 5.41) is 0.0364. The summed E-state index contributed by atoms with van der Waals surface area (Å²) in [6.07, 6.45) is 0. The second kappa shape index (κ2) is 9.58. The van der Waals surface area contributed by atoms with Crippen LogP contribution in [0.5, 0.6) is 11.5 Å². The van der Waals surface area contributed by atoms with E-state index in [9.17, 15) is 14.2 Å². The van der Waals surface area contributed by atoms with Crippen molar-refractivity contribution in [1.82, 2.24) is 0 Å². The fraction of sp³-hybridized carbons (Fsp3) is 0.0909. The van der Waals surface area contributed by atoms with Crippen molar-refractivity contribution in [3.8, 4) is 11.5 Å². The molecule has 0 heterocycles. The van der Waals surface area contributed by atoms with Gasteiger partial charge >= 0.3 is 0 Å². The van der Waals surface area contributed by atoms with E-state index in [-0.39, 0.29) is 38.0 Å². The zero-order valence-corrected chi connectivity index (χ0v) is 20.4. The monoisotopic (exact) mass is 540 g/mol. The van der Waals surface area contributed by atoms with Gasteiger partial charge in [-0.2, -0.15) is 0 Å². The maximum atomic E-state index is 14.4. The molecule has 31 heavy (non-hydrogen) atoms. The predicted molar refractivity (Wildman–Crippen MR) is 126 cm³/mol. The lowest BCUT2D eigenvalue weighted by molar-refractivity contribution is 0.103. The summed E-state index contributed by atoms with van der Waals surface area (Å²) in [6.45, 7) is 0. The first kappa shape index (κ1) is 23.6. The summed E-state index contributed by atoms with van der Waals surface area (Å²) >= 11 is 15.8. The Labute approximate surface area is 197 Å². The zero-order valence-electron chi connectivity index (χ0n) is 16.4. The van der Waals surface area contributed by atoms with E-state index in [1.807, 2.05) is 0 Å². The highest BCUT2D eigenvalue weighted by Crippen LogP contribution is 2.55. The SMILES string of the molecule is COc1ccc(Br)c(OC)c1C(=O)P(=O)(C(=O)c1c(Cl)cccc1Cl)c1ccccc1. The van der Waals surface area contributed by atoms with Gasteiger partial charge in [0, 0.05) is 5.30 Å². The van der Waals surface area contributed by atoms with Crippen LogP contribution in [0, 0.1) is 0 Å². The van der Waals surface area contributed by atoms with Gasteiger partial charge in [0.1, 0.15) is 17.1 Å². The van der Waals surface area contributed by atoms with Gasteiger partial charge in [0.25, 0.3) is 0 Å². The molecule has 0 aliphatic carbocycles. The quantitative estimate of drug-likeness (QED) is 0.322. The van der Waals surface area contributed by atoms with Crippen LogP contribution in [-0.2, 0) is 4.57 Å². The first-order valence-electron chi connectivity index (χ1n) is 8.87. The van der Waals surface area contributed by atoms with Crippen molar-refractivity contribution in [2.75, 3.05) is 14.2 Å². The van der Waals surface area contributed by atoms with Gasteiger partial charge in [-0.05, 0) is 40.2 Å². The highest BCUT2D eigenvalue weighted by atomic mass is 79.9. The number of rotatable bonds is 7. The number of carbonyl (C=O) groups excluding carboxylic acids is 2. The molecule has 3 aromatic carbocycles. The Hall–Kier alpha value is -2.11. The molecule has 0 spiro atoms. The van der Waals surface area contributed by atoms with E-state index in [1.165, 1.54) is 44.6 Å². The third kappa shape index (κ3) is 4.18. The van der Waals surface area contributed by atoms with Crippen LogP contribution in [0.25, 0.3) is 0 Å². The Balaban J connectivity index is 2.35. The molecule has 0 N–H and O–H groups in total. The molecule has 0 saturated heterocycles. The largest absolute Gasteiger partial charge is 0.496 e. The van der Waals surface area contributed by atoms with E-state index >= 15 is 0 Å². The number of methoxy groups -OCH3 is 2. The fourth-order valence-corrected chi connectivity index (χ4v) is 6.61. The maximum absolute atomic E-state index is 14.4. The molecule has 1 unspecified atom stereocenters. The van der Waals surface area contributed by atoms with Gasteiger partial charge in [0.2, 0.25) is 18.2 Å². The summed E-state index contributed by atoms with van der Waals surface area (Å²) in [7, 11) is -1.76. The van der Waals surface area contributed by atoms with Crippen LogP contribution in [0.4, 0.5) is 0 Å². The zero-order chi connectivity index (χ0) is 22.8. The molecule has 0 amide bonds. The topological polar surface area (TPSA) is 69.7 Å². The number of ether oxygens (including phenoxy) is 2. The molecule has 1 atom stereocenters. The molecule has 0 aromatic heterocycles. The van der Waals surface area contributed by atoms with E-state index in [4.69, 9.17) is 32.7 Å². The van der Waals surface area contributed by atoms with Crippen LogP contribution in [0.3, 0.4) is 0 Å². The Morgan fingerprint density at radius 2 is 1.39 bits per heavy atom. The highest BCUT2D eigenvalue weighted by molar-refractivity contribution is 9.10. The van der Waals surface area contributed by atoms with E-state index in [0.29, 0.717) is 4.47 Å². The second-order valence-corrected chi connectivity index (χ2v) is 10.5. The van der Waals surface area contributed by atoms with Gasteiger partial charge in [0.05, 0.1) is 34.3 Å². The lowest BCUT2D eigenvalue weighted by Crippen LogP contribution is -2.22. The van der Waals surface area contributed by atoms with Crippen molar-refractivity contribution >= 4 is 62.6 Å². The van der Waals surface area contributed by atoms with Gasteiger partial charge in [-0.15, -0.1) is 0 Å². The average Bonchev–Trinajstić information content (AvgIpc) is 2.78. The molecule has 3 rings (SSSR count). The van der Waals surface area contributed by atoms with Crippen LogP contribution in [0.2, 0.25) is 10.0 Å². The molecule has 0 fully saturated rings. The van der Waals surface area contributed by atoms with Crippen molar-refractivity contribution in [2.45, 2.75) is 0 Å². The summed E-state index contributed by atoms with van der Waals surface area (Å²) in [4.78, 5) is 27.5. The maximum Gasteiger partial charge on any atom is 0.249 e. The predicted octanol–water partition coefficient (Wildman–Crippen LogP) is 6.44. The molecule has 0 bridgehead atoms. The van der Waals surface area contributed by atoms with Crippen molar-refractivity contribution < 1.29 is 23.6 Å². The van der Waals surface area contributed by atoms with Crippen LogP contribution in [0.15, 0.2) is 65.1 Å². The van der Waals surface area contributed by atoms with E-state index in [2.05, 4.69) is 15.9 Å². The highest BCUT2D eigenvalue weighted by Gasteiger charge is 2.46.